The van der Waals surface area contributed by atoms with Gasteiger partial charge in [0.15, 0.2) is 0 Å². The van der Waals surface area contributed by atoms with Crippen molar-refractivity contribution in [1.29, 1.82) is 0 Å². The van der Waals surface area contributed by atoms with Gasteiger partial charge in [-0.3, -0.25) is 9.48 Å². The molecule has 1 aromatic carbocycles. The fourth-order valence-electron chi connectivity index (χ4n) is 3.22. The van der Waals surface area contributed by atoms with Crippen LogP contribution in [0.1, 0.15) is 21.6 Å². The van der Waals surface area contributed by atoms with Crippen LogP contribution in [-0.4, -0.2) is 42.0 Å². The zero-order valence-corrected chi connectivity index (χ0v) is 14.4. The summed E-state index contributed by atoms with van der Waals surface area (Å²) in [6, 6.07) is 7.76. The molecule has 24 heavy (non-hydrogen) atoms. The molecule has 6 nitrogen and oxygen atoms in total. The first-order valence-electron chi connectivity index (χ1n) is 8.09. The van der Waals surface area contributed by atoms with E-state index in [1.54, 1.807) is 4.68 Å². The summed E-state index contributed by atoms with van der Waals surface area (Å²) in [6.45, 7) is 3.01. The van der Waals surface area contributed by atoms with Crippen LogP contribution < -0.4 is 10.2 Å². The van der Waals surface area contributed by atoms with E-state index in [9.17, 15) is 4.79 Å². The number of morpholine rings is 1. The van der Waals surface area contributed by atoms with Gasteiger partial charge in [-0.25, -0.2) is 0 Å². The number of para-hydroxylation sites is 1. The van der Waals surface area contributed by atoms with E-state index in [1.165, 1.54) is 0 Å². The van der Waals surface area contributed by atoms with E-state index in [2.05, 4.69) is 15.3 Å². The smallest absolute Gasteiger partial charge is 0.258 e. The number of aromatic nitrogens is 2. The summed E-state index contributed by atoms with van der Waals surface area (Å²) in [5.74, 6) is 2.56. The Bertz CT molecular complexity index is 768. The standard InChI is InChI=1S/C17H20N4O2S/c1-20-16(13-10-24-11-14(13)19-20)18-17(22)12-4-2-3-5-15(12)21-6-8-23-9-7-21/h2-5H,6-11H2,1H3,(H,18,22). The first-order valence-corrected chi connectivity index (χ1v) is 9.25. The Morgan fingerprint density at radius 2 is 2.04 bits per heavy atom. The summed E-state index contributed by atoms with van der Waals surface area (Å²) in [4.78, 5) is 15.1. The third-order valence-corrected chi connectivity index (χ3v) is 5.42. The predicted molar refractivity (Wildman–Crippen MR) is 95.6 cm³/mol. The lowest BCUT2D eigenvalue weighted by molar-refractivity contribution is 0.102. The minimum Gasteiger partial charge on any atom is -0.378 e. The van der Waals surface area contributed by atoms with E-state index >= 15 is 0 Å². The molecule has 0 aliphatic carbocycles. The molecule has 1 amide bonds. The number of hydrogen-bond acceptors (Lipinski definition) is 5. The number of carbonyl (C=O) groups is 1. The van der Waals surface area contributed by atoms with E-state index < -0.39 is 0 Å². The van der Waals surface area contributed by atoms with Gasteiger partial charge in [-0.1, -0.05) is 12.1 Å². The summed E-state index contributed by atoms with van der Waals surface area (Å²) in [5, 5.41) is 7.58. The van der Waals surface area contributed by atoms with E-state index in [0.717, 1.165) is 47.4 Å². The first-order chi connectivity index (χ1) is 11.7. The number of anilines is 2. The second-order valence-electron chi connectivity index (χ2n) is 5.96. The van der Waals surface area contributed by atoms with Gasteiger partial charge < -0.3 is 15.0 Å². The zero-order chi connectivity index (χ0) is 16.5. The number of benzene rings is 1. The van der Waals surface area contributed by atoms with Gasteiger partial charge >= 0.3 is 0 Å². The van der Waals surface area contributed by atoms with Crippen LogP contribution in [0, 0.1) is 0 Å². The number of rotatable bonds is 3. The average Bonchev–Trinajstić information content (AvgIpc) is 3.18. The number of nitrogens with zero attached hydrogens (tertiary/aromatic N) is 3. The molecule has 0 unspecified atom stereocenters. The van der Waals surface area contributed by atoms with Crippen molar-refractivity contribution in [2.45, 2.75) is 11.5 Å². The zero-order valence-electron chi connectivity index (χ0n) is 13.6. The monoisotopic (exact) mass is 344 g/mol. The molecule has 2 aliphatic heterocycles. The number of thioether (sulfide) groups is 1. The average molecular weight is 344 g/mol. The fourth-order valence-corrected chi connectivity index (χ4v) is 4.25. The lowest BCUT2D eigenvalue weighted by atomic mass is 10.1. The number of hydrogen-bond donors (Lipinski definition) is 1. The number of fused-ring (bicyclic) bond motifs is 1. The number of carbonyl (C=O) groups excluding carboxylic acids is 1. The molecule has 4 rings (SSSR count). The van der Waals surface area contributed by atoms with Crippen molar-refractivity contribution >= 4 is 29.2 Å². The van der Waals surface area contributed by atoms with Crippen molar-refractivity contribution in [1.82, 2.24) is 9.78 Å². The van der Waals surface area contributed by atoms with Crippen LogP contribution in [0.4, 0.5) is 11.5 Å². The maximum atomic E-state index is 12.9. The lowest BCUT2D eigenvalue weighted by Gasteiger charge is -2.30. The molecule has 1 fully saturated rings. The molecule has 0 radical (unpaired) electrons. The van der Waals surface area contributed by atoms with Crippen molar-refractivity contribution in [3.63, 3.8) is 0 Å². The minimum absolute atomic E-state index is 0.0835. The number of amides is 1. The Morgan fingerprint density at radius 1 is 1.25 bits per heavy atom. The Hall–Kier alpha value is -1.99. The van der Waals surface area contributed by atoms with Crippen LogP contribution in [0.5, 0.6) is 0 Å². The summed E-state index contributed by atoms with van der Waals surface area (Å²) in [7, 11) is 1.88. The van der Waals surface area contributed by atoms with E-state index in [0.29, 0.717) is 18.8 Å². The molecule has 2 aliphatic rings. The predicted octanol–water partition coefficient (Wildman–Crippen LogP) is 2.26. The Morgan fingerprint density at radius 3 is 2.88 bits per heavy atom. The second-order valence-corrected chi connectivity index (χ2v) is 6.95. The normalized spacial score (nSPS) is 17.0. The number of aryl methyl sites for hydroxylation is 1. The SMILES string of the molecule is Cn1nc2c(c1NC(=O)c1ccccc1N1CCOCC1)CSC2. The van der Waals surface area contributed by atoms with Gasteiger partial charge in [0.2, 0.25) is 0 Å². The highest BCUT2D eigenvalue weighted by atomic mass is 32.2. The van der Waals surface area contributed by atoms with Gasteiger partial charge in [-0.05, 0) is 12.1 Å². The lowest BCUT2D eigenvalue weighted by Crippen LogP contribution is -2.37. The van der Waals surface area contributed by atoms with Gasteiger partial charge in [-0.15, -0.1) is 0 Å². The van der Waals surface area contributed by atoms with Crippen molar-refractivity contribution in [3.05, 3.63) is 41.1 Å². The molecule has 2 aromatic rings. The first kappa shape index (κ1) is 15.5. The Balaban J connectivity index is 1.61. The maximum Gasteiger partial charge on any atom is 0.258 e. The summed E-state index contributed by atoms with van der Waals surface area (Å²) < 4.78 is 7.19. The van der Waals surface area contributed by atoms with Crippen molar-refractivity contribution in [2.75, 3.05) is 36.5 Å². The number of nitrogens with one attached hydrogen (secondary N) is 1. The summed E-state index contributed by atoms with van der Waals surface area (Å²) in [5.41, 5.74) is 3.89. The van der Waals surface area contributed by atoms with Crippen molar-refractivity contribution in [3.8, 4) is 0 Å². The Kier molecular flexibility index (Phi) is 4.20. The third kappa shape index (κ3) is 2.78. The van der Waals surface area contributed by atoms with Gasteiger partial charge in [0, 0.05) is 42.9 Å². The van der Waals surface area contributed by atoms with Gasteiger partial charge in [0.25, 0.3) is 5.91 Å². The van der Waals surface area contributed by atoms with Crippen LogP contribution in [0.3, 0.4) is 0 Å². The molecule has 1 N–H and O–H groups in total. The molecular formula is C17H20N4O2S. The topological polar surface area (TPSA) is 59.4 Å². The van der Waals surface area contributed by atoms with Crippen LogP contribution in [-0.2, 0) is 23.3 Å². The summed E-state index contributed by atoms with van der Waals surface area (Å²) >= 11 is 1.83. The fraction of sp³-hybridized carbons (Fsp3) is 0.412. The molecule has 7 heteroatoms. The van der Waals surface area contributed by atoms with Crippen LogP contribution in [0.25, 0.3) is 0 Å². The highest BCUT2D eigenvalue weighted by Gasteiger charge is 2.24. The van der Waals surface area contributed by atoms with Crippen LogP contribution in [0.2, 0.25) is 0 Å². The third-order valence-electron chi connectivity index (χ3n) is 4.45. The molecule has 0 atom stereocenters. The number of ether oxygens (including phenoxy) is 1. The largest absolute Gasteiger partial charge is 0.378 e. The van der Waals surface area contributed by atoms with Crippen molar-refractivity contribution < 1.29 is 9.53 Å². The molecule has 0 bridgehead atoms. The molecule has 0 spiro atoms. The van der Waals surface area contributed by atoms with Gasteiger partial charge in [0.05, 0.1) is 24.5 Å². The maximum absolute atomic E-state index is 12.9. The van der Waals surface area contributed by atoms with E-state index in [-0.39, 0.29) is 5.91 Å². The van der Waals surface area contributed by atoms with E-state index in [4.69, 9.17) is 4.74 Å². The summed E-state index contributed by atoms with van der Waals surface area (Å²) in [6.07, 6.45) is 0. The molecule has 1 saturated heterocycles. The molecule has 126 valence electrons. The van der Waals surface area contributed by atoms with Crippen LogP contribution in [0.15, 0.2) is 24.3 Å². The van der Waals surface area contributed by atoms with E-state index in [1.807, 2.05) is 43.1 Å². The highest BCUT2D eigenvalue weighted by Crippen LogP contribution is 2.34. The Labute approximate surface area is 145 Å². The molecule has 3 heterocycles. The van der Waals surface area contributed by atoms with Gasteiger partial charge in [0.1, 0.15) is 5.82 Å². The second kappa shape index (κ2) is 6.49. The van der Waals surface area contributed by atoms with Crippen molar-refractivity contribution in [2.24, 2.45) is 7.05 Å². The quantitative estimate of drug-likeness (QED) is 0.925. The molecule has 1 aromatic heterocycles. The molecular weight excluding hydrogens is 324 g/mol. The minimum atomic E-state index is -0.0835. The highest BCUT2D eigenvalue weighted by molar-refractivity contribution is 7.98. The van der Waals surface area contributed by atoms with Crippen LogP contribution >= 0.6 is 11.8 Å². The van der Waals surface area contributed by atoms with Gasteiger partial charge in [-0.2, -0.15) is 16.9 Å². The molecule has 0 saturated carbocycles.